The summed E-state index contributed by atoms with van der Waals surface area (Å²) in [5, 5.41) is 11.0. The molecule has 0 aromatic heterocycles. The number of allylic oxidation sites excluding steroid dienone is 2. The molecule has 7 nitrogen and oxygen atoms in total. The standard InChI is InChI=1S/C26H24N2O5/c1-20(33-26(30)18-16-21-9-8-14-24(19-21)28(31)32)15-17-25(29)27(22-10-4-2-5-11-22)23-12-6-3-7-13-23/h2-7,9-13,16,18,20,24H,8,14,19H2,1H3/b18-16+/t20-,24+/m1/s1. The summed E-state index contributed by atoms with van der Waals surface area (Å²) in [5.41, 5.74) is 2.07. The van der Waals surface area contributed by atoms with E-state index in [4.69, 9.17) is 4.74 Å². The molecule has 3 rings (SSSR count). The van der Waals surface area contributed by atoms with E-state index in [0.29, 0.717) is 24.2 Å². The van der Waals surface area contributed by atoms with Gasteiger partial charge < -0.3 is 4.74 Å². The van der Waals surface area contributed by atoms with Crippen molar-refractivity contribution < 1.29 is 19.2 Å². The van der Waals surface area contributed by atoms with Crippen molar-refractivity contribution in [1.82, 2.24) is 0 Å². The third-order valence-electron chi connectivity index (χ3n) is 5.02. The largest absolute Gasteiger partial charge is 0.446 e. The van der Waals surface area contributed by atoms with Crippen LogP contribution in [0.15, 0.2) is 84.5 Å². The van der Waals surface area contributed by atoms with Gasteiger partial charge in [-0.25, -0.2) is 4.79 Å². The Morgan fingerprint density at radius 1 is 1.12 bits per heavy atom. The van der Waals surface area contributed by atoms with E-state index in [0.717, 1.165) is 5.57 Å². The van der Waals surface area contributed by atoms with E-state index in [9.17, 15) is 19.7 Å². The highest BCUT2D eigenvalue weighted by atomic mass is 16.6. The highest BCUT2D eigenvalue weighted by Gasteiger charge is 2.23. The van der Waals surface area contributed by atoms with Crippen LogP contribution in [0.3, 0.4) is 0 Å². The molecule has 33 heavy (non-hydrogen) atoms. The lowest BCUT2D eigenvalue weighted by atomic mass is 9.95. The normalized spacial score (nSPS) is 16.2. The van der Waals surface area contributed by atoms with Crippen LogP contribution < -0.4 is 4.90 Å². The van der Waals surface area contributed by atoms with Gasteiger partial charge in [-0.1, -0.05) is 48.6 Å². The van der Waals surface area contributed by atoms with Gasteiger partial charge >= 0.3 is 11.9 Å². The van der Waals surface area contributed by atoms with Gasteiger partial charge in [0.1, 0.15) is 0 Å². The van der Waals surface area contributed by atoms with E-state index in [1.807, 2.05) is 66.7 Å². The molecule has 0 fully saturated rings. The molecule has 0 bridgehead atoms. The molecule has 0 heterocycles. The Morgan fingerprint density at radius 3 is 2.30 bits per heavy atom. The molecule has 168 valence electrons. The first-order valence-corrected chi connectivity index (χ1v) is 10.6. The van der Waals surface area contributed by atoms with Gasteiger partial charge in [-0.05, 0) is 55.0 Å². The van der Waals surface area contributed by atoms with E-state index in [-0.39, 0.29) is 11.3 Å². The maximum Gasteiger partial charge on any atom is 0.331 e. The number of carbonyl (C=O) groups is 2. The first kappa shape index (κ1) is 23.5. The zero-order valence-corrected chi connectivity index (χ0v) is 18.2. The summed E-state index contributed by atoms with van der Waals surface area (Å²) in [5.74, 6) is 4.15. The Labute approximate surface area is 192 Å². The number of carbonyl (C=O) groups excluding carboxylic acids is 2. The van der Waals surface area contributed by atoms with Crippen molar-refractivity contribution in [3.63, 3.8) is 0 Å². The molecule has 0 spiro atoms. The Morgan fingerprint density at radius 2 is 1.73 bits per heavy atom. The third kappa shape index (κ3) is 6.91. The van der Waals surface area contributed by atoms with Crippen LogP contribution in [-0.4, -0.2) is 28.9 Å². The highest BCUT2D eigenvalue weighted by molar-refractivity contribution is 6.10. The smallest absolute Gasteiger partial charge is 0.331 e. The number of rotatable bonds is 6. The highest BCUT2D eigenvalue weighted by Crippen LogP contribution is 2.25. The van der Waals surface area contributed by atoms with Crippen molar-refractivity contribution in [2.75, 3.05) is 4.90 Å². The topological polar surface area (TPSA) is 89.8 Å². The van der Waals surface area contributed by atoms with Crippen molar-refractivity contribution in [1.29, 1.82) is 0 Å². The average molecular weight is 444 g/mol. The van der Waals surface area contributed by atoms with Gasteiger partial charge in [-0.15, -0.1) is 0 Å². The van der Waals surface area contributed by atoms with Gasteiger partial charge in [0.2, 0.25) is 6.04 Å². The summed E-state index contributed by atoms with van der Waals surface area (Å²) >= 11 is 0. The van der Waals surface area contributed by atoms with Gasteiger partial charge in [0.15, 0.2) is 6.10 Å². The molecule has 1 amide bonds. The molecule has 0 radical (unpaired) electrons. The second-order valence-electron chi connectivity index (χ2n) is 7.49. The molecule has 1 aliphatic carbocycles. The molecule has 0 saturated heterocycles. The minimum atomic E-state index is -0.814. The van der Waals surface area contributed by atoms with Crippen LogP contribution in [0, 0.1) is 22.0 Å². The number of nitro groups is 1. The number of anilines is 2. The Hall–Kier alpha value is -4.18. The number of para-hydroxylation sites is 2. The van der Waals surface area contributed by atoms with Gasteiger partial charge in [0, 0.05) is 35.2 Å². The Bertz CT molecular complexity index is 1070. The Kier molecular flexibility index (Phi) is 8.14. The van der Waals surface area contributed by atoms with E-state index >= 15 is 0 Å². The number of benzene rings is 2. The maximum absolute atomic E-state index is 12.9. The van der Waals surface area contributed by atoms with Gasteiger partial charge in [-0.2, -0.15) is 0 Å². The lowest BCUT2D eigenvalue weighted by Gasteiger charge is -2.20. The van der Waals surface area contributed by atoms with Gasteiger partial charge in [0.25, 0.3) is 0 Å². The van der Waals surface area contributed by atoms with E-state index in [1.165, 1.54) is 17.1 Å². The molecule has 0 N–H and O–H groups in total. The third-order valence-corrected chi connectivity index (χ3v) is 5.02. The fourth-order valence-corrected chi connectivity index (χ4v) is 3.41. The van der Waals surface area contributed by atoms with E-state index < -0.39 is 24.0 Å². The molecule has 7 heteroatoms. The number of ether oxygens (including phenoxy) is 1. The molecule has 2 aromatic rings. The summed E-state index contributed by atoms with van der Waals surface area (Å²) in [6.45, 7) is 1.57. The molecule has 0 aliphatic heterocycles. The predicted octanol–water partition coefficient (Wildman–Crippen LogP) is 4.60. The van der Waals surface area contributed by atoms with Crippen LogP contribution in [-0.2, 0) is 14.3 Å². The molecule has 1 aliphatic rings. The van der Waals surface area contributed by atoms with Crippen LogP contribution in [0.4, 0.5) is 11.4 Å². The van der Waals surface area contributed by atoms with E-state index in [1.54, 1.807) is 6.92 Å². The van der Waals surface area contributed by atoms with Crippen molar-refractivity contribution in [3.8, 4) is 11.8 Å². The Balaban J connectivity index is 1.63. The minimum Gasteiger partial charge on any atom is -0.446 e. The fourth-order valence-electron chi connectivity index (χ4n) is 3.41. The number of hydrogen-bond donors (Lipinski definition) is 0. The first-order chi connectivity index (χ1) is 15.9. The number of nitrogens with zero attached hydrogens (tertiary/aromatic N) is 2. The molecular formula is C26H24N2O5. The second kappa shape index (κ2) is 11.4. The van der Waals surface area contributed by atoms with Crippen LogP contribution >= 0.6 is 0 Å². The van der Waals surface area contributed by atoms with Crippen molar-refractivity contribution in [3.05, 3.63) is 94.6 Å². The SMILES string of the molecule is C[C@H](C#CC(=O)N(c1ccccc1)c1ccccc1)OC(=O)/C=C/C1=CCC[C@H]([N+](=O)[O-])C1. The summed E-state index contributed by atoms with van der Waals surface area (Å²) in [7, 11) is 0. The van der Waals surface area contributed by atoms with Crippen molar-refractivity contribution in [2.45, 2.75) is 38.3 Å². The van der Waals surface area contributed by atoms with Crippen LogP contribution in [0.2, 0.25) is 0 Å². The van der Waals surface area contributed by atoms with Crippen molar-refractivity contribution in [2.24, 2.45) is 0 Å². The van der Waals surface area contributed by atoms with Crippen LogP contribution in [0.1, 0.15) is 26.2 Å². The zero-order chi connectivity index (χ0) is 23.6. The lowest BCUT2D eigenvalue weighted by Crippen LogP contribution is -2.24. The van der Waals surface area contributed by atoms with Crippen molar-refractivity contribution >= 4 is 23.3 Å². The van der Waals surface area contributed by atoms with Gasteiger partial charge in [-0.3, -0.25) is 19.8 Å². The average Bonchev–Trinajstić information content (AvgIpc) is 2.83. The first-order valence-electron chi connectivity index (χ1n) is 10.6. The number of hydrogen-bond acceptors (Lipinski definition) is 5. The molecule has 2 aromatic carbocycles. The van der Waals surface area contributed by atoms with Gasteiger partial charge in [0.05, 0.1) is 0 Å². The summed E-state index contributed by atoms with van der Waals surface area (Å²) in [6, 6.07) is 17.7. The number of amides is 1. The molecule has 0 unspecified atom stereocenters. The second-order valence-corrected chi connectivity index (χ2v) is 7.49. The molecule has 0 saturated carbocycles. The quantitative estimate of drug-likeness (QED) is 0.214. The molecular weight excluding hydrogens is 420 g/mol. The fraction of sp³-hybridized carbons (Fsp3) is 0.231. The van der Waals surface area contributed by atoms with Crippen LogP contribution in [0.5, 0.6) is 0 Å². The van der Waals surface area contributed by atoms with Crippen LogP contribution in [0.25, 0.3) is 0 Å². The lowest BCUT2D eigenvalue weighted by molar-refractivity contribution is -0.523. The van der Waals surface area contributed by atoms with E-state index in [2.05, 4.69) is 11.8 Å². The number of esters is 1. The predicted molar refractivity (Wildman–Crippen MR) is 125 cm³/mol. The summed E-state index contributed by atoms with van der Waals surface area (Å²) in [4.78, 5) is 37.1. The monoisotopic (exact) mass is 444 g/mol. The summed E-state index contributed by atoms with van der Waals surface area (Å²) in [6.07, 6.45) is 5.22. The maximum atomic E-state index is 12.9. The summed E-state index contributed by atoms with van der Waals surface area (Å²) < 4.78 is 5.23. The zero-order valence-electron chi connectivity index (χ0n) is 18.2. The minimum absolute atomic E-state index is 0.287. The molecule has 2 atom stereocenters.